The van der Waals surface area contributed by atoms with Crippen LogP contribution in [-0.4, -0.2) is 30.7 Å². The van der Waals surface area contributed by atoms with E-state index in [9.17, 15) is 22.8 Å². The van der Waals surface area contributed by atoms with Gasteiger partial charge in [-0.05, 0) is 6.92 Å². The van der Waals surface area contributed by atoms with Gasteiger partial charge in [0, 0.05) is 0 Å². The summed E-state index contributed by atoms with van der Waals surface area (Å²) in [6, 6.07) is -1.89. The van der Waals surface area contributed by atoms with E-state index in [1.54, 1.807) is 0 Å². The number of alkyl halides is 3. The second-order valence-corrected chi connectivity index (χ2v) is 6.31. The molecule has 1 atom stereocenters. The Hall–Kier alpha value is -0.700. The highest BCUT2D eigenvalue weighted by Crippen LogP contribution is 2.40. The number of rotatable bonds is 5. The zero-order chi connectivity index (χ0) is 17.1. The van der Waals surface area contributed by atoms with E-state index in [2.05, 4.69) is 4.74 Å². The third-order valence-corrected chi connectivity index (χ3v) is 4.85. The van der Waals surface area contributed by atoms with Crippen molar-refractivity contribution in [2.75, 3.05) is 6.61 Å². The lowest BCUT2D eigenvalue weighted by Gasteiger charge is -2.18. The predicted molar refractivity (Wildman–Crippen MR) is 77.9 cm³/mol. The molecule has 0 saturated heterocycles. The first kappa shape index (κ1) is 19.3. The number of carbonyl (C=O) groups is 2. The average molecular weight is 399 g/mol. The molecule has 1 unspecified atom stereocenters. The molecule has 124 valence electrons. The zero-order valence-electron chi connectivity index (χ0n) is 10.9. The topological polar surface area (TPSA) is 55.4 Å². The highest BCUT2D eigenvalue weighted by atomic mass is 35.5. The number of thiophene rings is 1. The van der Waals surface area contributed by atoms with E-state index in [0.717, 1.165) is 0 Å². The predicted octanol–water partition coefficient (Wildman–Crippen LogP) is 4.32. The molecule has 1 aromatic rings. The van der Waals surface area contributed by atoms with Crippen LogP contribution in [0.3, 0.4) is 0 Å². The van der Waals surface area contributed by atoms with Gasteiger partial charge in [-0.2, -0.15) is 13.2 Å². The van der Waals surface area contributed by atoms with Crippen LogP contribution < -0.4 is 5.32 Å². The van der Waals surface area contributed by atoms with Crippen LogP contribution in [0.2, 0.25) is 14.4 Å². The first-order valence-electron chi connectivity index (χ1n) is 5.74. The van der Waals surface area contributed by atoms with E-state index in [1.807, 2.05) is 5.32 Å². The molecule has 0 fully saturated rings. The summed E-state index contributed by atoms with van der Waals surface area (Å²) in [7, 11) is 0. The first-order chi connectivity index (χ1) is 10.1. The van der Waals surface area contributed by atoms with Gasteiger partial charge in [-0.25, -0.2) is 4.79 Å². The molecule has 11 heteroatoms. The zero-order valence-corrected chi connectivity index (χ0v) is 14.0. The molecule has 1 N–H and O–H groups in total. The summed E-state index contributed by atoms with van der Waals surface area (Å²) < 4.78 is 42.0. The molecular formula is C11H9Cl3F3NO3S. The Balaban J connectivity index is 2.95. The Morgan fingerprint density at radius 2 is 1.86 bits per heavy atom. The highest BCUT2D eigenvalue weighted by molar-refractivity contribution is 7.19. The van der Waals surface area contributed by atoms with Crippen molar-refractivity contribution in [2.45, 2.75) is 25.6 Å². The SMILES string of the molecule is CCOC(=O)C(CC(F)(F)F)NC(=O)c1sc(Cl)c(Cl)c1Cl. The monoisotopic (exact) mass is 397 g/mol. The molecule has 4 nitrogen and oxygen atoms in total. The molecule has 1 aromatic heterocycles. The van der Waals surface area contributed by atoms with Crippen molar-refractivity contribution < 1.29 is 27.5 Å². The fourth-order valence-corrected chi connectivity index (χ4v) is 3.11. The number of carbonyl (C=O) groups excluding carboxylic acids is 2. The number of hydrogen-bond acceptors (Lipinski definition) is 4. The fraction of sp³-hybridized carbons (Fsp3) is 0.455. The van der Waals surface area contributed by atoms with Crippen LogP contribution >= 0.6 is 46.1 Å². The molecule has 0 aliphatic rings. The molecule has 0 aliphatic heterocycles. The number of ether oxygens (including phenoxy) is 1. The Kier molecular flexibility index (Phi) is 6.79. The van der Waals surface area contributed by atoms with Gasteiger partial charge < -0.3 is 10.1 Å². The third-order valence-electron chi connectivity index (χ3n) is 2.27. The maximum atomic E-state index is 12.5. The summed E-state index contributed by atoms with van der Waals surface area (Å²) >= 11 is 17.8. The summed E-state index contributed by atoms with van der Waals surface area (Å²) in [5, 5.41) is 1.66. The van der Waals surface area contributed by atoms with Gasteiger partial charge in [-0.1, -0.05) is 34.8 Å². The maximum absolute atomic E-state index is 12.5. The minimum absolute atomic E-state index is 0.0142. The van der Waals surface area contributed by atoms with Crippen LogP contribution in [0.25, 0.3) is 0 Å². The Labute approximate surface area is 142 Å². The van der Waals surface area contributed by atoms with Gasteiger partial charge >= 0.3 is 12.1 Å². The van der Waals surface area contributed by atoms with Gasteiger partial charge in [-0.15, -0.1) is 11.3 Å². The van der Waals surface area contributed by atoms with Crippen molar-refractivity contribution in [1.82, 2.24) is 5.32 Å². The minimum atomic E-state index is -4.67. The van der Waals surface area contributed by atoms with Crippen LogP contribution in [0.5, 0.6) is 0 Å². The molecule has 1 rings (SSSR count). The number of amides is 1. The van der Waals surface area contributed by atoms with Crippen molar-refractivity contribution in [1.29, 1.82) is 0 Å². The van der Waals surface area contributed by atoms with Gasteiger partial charge in [0.05, 0.1) is 23.1 Å². The maximum Gasteiger partial charge on any atom is 0.391 e. The molecular weight excluding hydrogens is 390 g/mol. The lowest BCUT2D eigenvalue weighted by Crippen LogP contribution is -2.44. The Morgan fingerprint density at radius 3 is 2.27 bits per heavy atom. The minimum Gasteiger partial charge on any atom is -0.464 e. The molecule has 0 aromatic carbocycles. The van der Waals surface area contributed by atoms with E-state index in [1.165, 1.54) is 6.92 Å². The first-order valence-corrected chi connectivity index (χ1v) is 7.69. The van der Waals surface area contributed by atoms with E-state index in [4.69, 9.17) is 34.8 Å². The Morgan fingerprint density at radius 1 is 1.27 bits per heavy atom. The van der Waals surface area contributed by atoms with Crippen LogP contribution in [-0.2, 0) is 9.53 Å². The molecule has 0 bridgehead atoms. The summed E-state index contributed by atoms with van der Waals surface area (Å²) in [5.74, 6) is -2.19. The summed E-state index contributed by atoms with van der Waals surface area (Å²) in [5.41, 5.74) is 0. The highest BCUT2D eigenvalue weighted by Gasteiger charge is 2.37. The quantitative estimate of drug-likeness (QED) is 0.752. The molecule has 0 aliphatic carbocycles. The van der Waals surface area contributed by atoms with Crippen molar-refractivity contribution in [3.05, 3.63) is 19.3 Å². The van der Waals surface area contributed by atoms with E-state index >= 15 is 0 Å². The Bertz CT molecular complexity index is 577. The fourth-order valence-electron chi connectivity index (χ4n) is 1.40. The van der Waals surface area contributed by atoms with Crippen LogP contribution in [0.15, 0.2) is 0 Å². The van der Waals surface area contributed by atoms with E-state index in [-0.39, 0.29) is 25.9 Å². The number of esters is 1. The van der Waals surface area contributed by atoms with Gasteiger partial charge in [0.1, 0.15) is 15.3 Å². The van der Waals surface area contributed by atoms with Crippen molar-refractivity contribution >= 4 is 58.0 Å². The summed E-state index contributed by atoms with van der Waals surface area (Å²) in [6.45, 7) is 1.31. The molecule has 22 heavy (non-hydrogen) atoms. The van der Waals surface area contributed by atoms with Gasteiger partial charge in [0.15, 0.2) is 0 Å². The number of hydrogen-bond donors (Lipinski definition) is 1. The van der Waals surface area contributed by atoms with Crippen LogP contribution in [0, 0.1) is 0 Å². The standard InChI is InChI=1S/C11H9Cl3F3NO3S/c1-2-21-10(20)4(3-11(15,16)17)18-9(19)7-5(12)6(13)8(14)22-7/h4H,2-3H2,1H3,(H,18,19). The van der Waals surface area contributed by atoms with Crippen LogP contribution in [0.4, 0.5) is 13.2 Å². The number of halogens is 6. The molecule has 0 saturated carbocycles. The lowest BCUT2D eigenvalue weighted by molar-refractivity contribution is -0.161. The molecule has 1 amide bonds. The average Bonchev–Trinajstić information content (AvgIpc) is 2.64. The van der Waals surface area contributed by atoms with Crippen molar-refractivity contribution in [3.63, 3.8) is 0 Å². The third kappa shape index (κ3) is 5.19. The summed E-state index contributed by atoms with van der Waals surface area (Å²) in [4.78, 5) is 23.3. The van der Waals surface area contributed by atoms with Gasteiger partial charge in [-0.3, -0.25) is 4.79 Å². The van der Waals surface area contributed by atoms with Crippen LogP contribution in [0.1, 0.15) is 23.0 Å². The molecule has 1 heterocycles. The second kappa shape index (κ2) is 7.72. The molecule has 0 spiro atoms. The molecule has 0 radical (unpaired) electrons. The normalized spacial score (nSPS) is 12.9. The van der Waals surface area contributed by atoms with E-state index in [0.29, 0.717) is 11.3 Å². The lowest BCUT2D eigenvalue weighted by atomic mass is 10.2. The second-order valence-electron chi connectivity index (χ2n) is 3.93. The van der Waals surface area contributed by atoms with Gasteiger partial charge in [0.25, 0.3) is 5.91 Å². The van der Waals surface area contributed by atoms with Gasteiger partial charge in [0.2, 0.25) is 0 Å². The van der Waals surface area contributed by atoms with Crippen molar-refractivity contribution in [3.8, 4) is 0 Å². The smallest absolute Gasteiger partial charge is 0.391 e. The number of nitrogens with one attached hydrogen (secondary N) is 1. The van der Waals surface area contributed by atoms with Crippen molar-refractivity contribution in [2.24, 2.45) is 0 Å². The largest absolute Gasteiger partial charge is 0.464 e. The van der Waals surface area contributed by atoms with E-state index < -0.39 is 30.5 Å². The summed E-state index contributed by atoms with van der Waals surface area (Å²) in [6.07, 6.45) is -6.23.